The average Bonchev–Trinajstić information content (AvgIpc) is 3.14. The number of ether oxygens (including phenoxy) is 3. The van der Waals surface area contributed by atoms with Crippen molar-refractivity contribution in [1.82, 2.24) is 0 Å². The number of anilines is 2. The zero-order valence-electron chi connectivity index (χ0n) is 16.2. The number of methoxy groups -OCH3 is 2. The van der Waals surface area contributed by atoms with Crippen molar-refractivity contribution >= 4 is 29.2 Å². The molecule has 0 saturated carbocycles. The summed E-state index contributed by atoms with van der Waals surface area (Å²) in [5, 5.41) is 2.63. The van der Waals surface area contributed by atoms with Crippen LogP contribution in [0.3, 0.4) is 0 Å². The lowest BCUT2D eigenvalue weighted by Gasteiger charge is -2.16. The van der Waals surface area contributed by atoms with E-state index in [9.17, 15) is 14.4 Å². The Hall–Kier alpha value is -3.55. The van der Waals surface area contributed by atoms with Crippen LogP contribution in [0.1, 0.15) is 6.42 Å². The predicted molar refractivity (Wildman–Crippen MR) is 106 cm³/mol. The highest BCUT2D eigenvalue weighted by atomic mass is 16.5. The first-order valence-electron chi connectivity index (χ1n) is 9.05. The Kier molecular flexibility index (Phi) is 6.33. The van der Waals surface area contributed by atoms with Crippen molar-refractivity contribution in [2.24, 2.45) is 5.92 Å². The number of carbonyl (C=O) groups excluding carboxylic acids is 3. The molecule has 8 nitrogen and oxygen atoms in total. The SMILES string of the molecule is COc1ccc(NC(=O)COC(=O)[C@@H]2CC(=O)N(c3ccc(OC)cc3)C2)cc1. The zero-order chi connectivity index (χ0) is 20.8. The van der Waals surface area contributed by atoms with E-state index in [0.717, 1.165) is 0 Å². The molecule has 1 N–H and O–H groups in total. The van der Waals surface area contributed by atoms with Gasteiger partial charge in [0, 0.05) is 24.3 Å². The van der Waals surface area contributed by atoms with Crippen molar-refractivity contribution in [3.63, 3.8) is 0 Å². The molecule has 1 atom stereocenters. The van der Waals surface area contributed by atoms with Crippen LogP contribution in [0.2, 0.25) is 0 Å². The van der Waals surface area contributed by atoms with E-state index in [1.54, 1.807) is 62.8 Å². The summed E-state index contributed by atoms with van der Waals surface area (Å²) in [7, 11) is 3.11. The van der Waals surface area contributed by atoms with Crippen molar-refractivity contribution < 1.29 is 28.6 Å². The van der Waals surface area contributed by atoms with Crippen molar-refractivity contribution in [3.05, 3.63) is 48.5 Å². The maximum atomic E-state index is 12.3. The molecule has 2 aromatic rings. The summed E-state index contributed by atoms with van der Waals surface area (Å²) in [4.78, 5) is 38.1. The molecular formula is C21H22N2O6. The van der Waals surface area contributed by atoms with Gasteiger partial charge in [-0.3, -0.25) is 14.4 Å². The number of benzene rings is 2. The topological polar surface area (TPSA) is 94.2 Å². The second-order valence-electron chi connectivity index (χ2n) is 6.49. The number of amides is 2. The van der Waals surface area contributed by atoms with Gasteiger partial charge in [-0.2, -0.15) is 0 Å². The molecule has 1 heterocycles. The van der Waals surface area contributed by atoms with Crippen LogP contribution in [-0.2, 0) is 19.1 Å². The molecule has 0 bridgehead atoms. The van der Waals surface area contributed by atoms with Crippen LogP contribution in [0.4, 0.5) is 11.4 Å². The van der Waals surface area contributed by atoms with Crippen molar-refractivity contribution in [1.29, 1.82) is 0 Å². The minimum atomic E-state index is -0.613. The van der Waals surface area contributed by atoms with Gasteiger partial charge in [0.05, 0.1) is 20.1 Å². The molecular weight excluding hydrogens is 376 g/mol. The molecule has 0 unspecified atom stereocenters. The standard InChI is InChI=1S/C21H22N2O6/c1-27-17-7-3-15(4-8-17)22-19(24)13-29-21(26)14-11-20(25)23(12-14)16-5-9-18(28-2)10-6-16/h3-10,14H,11-13H2,1-2H3,(H,22,24)/t14-/m1/s1. The Morgan fingerprint density at radius 3 is 2.17 bits per heavy atom. The lowest BCUT2D eigenvalue weighted by atomic mass is 10.1. The van der Waals surface area contributed by atoms with Crippen LogP contribution >= 0.6 is 0 Å². The van der Waals surface area contributed by atoms with E-state index in [2.05, 4.69) is 5.32 Å². The van der Waals surface area contributed by atoms with Gasteiger partial charge >= 0.3 is 5.97 Å². The van der Waals surface area contributed by atoms with Gasteiger partial charge < -0.3 is 24.4 Å². The van der Waals surface area contributed by atoms with E-state index in [-0.39, 0.29) is 18.9 Å². The summed E-state index contributed by atoms with van der Waals surface area (Å²) in [6, 6.07) is 13.8. The Morgan fingerprint density at radius 2 is 1.59 bits per heavy atom. The van der Waals surface area contributed by atoms with Gasteiger partial charge in [-0.15, -0.1) is 0 Å². The second-order valence-corrected chi connectivity index (χ2v) is 6.49. The molecule has 0 radical (unpaired) electrons. The quantitative estimate of drug-likeness (QED) is 0.719. The molecule has 1 aliphatic rings. The molecule has 1 fully saturated rings. The van der Waals surface area contributed by atoms with E-state index >= 15 is 0 Å². The summed E-state index contributed by atoms with van der Waals surface area (Å²) in [6.07, 6.45) is 0.0466. The van der Waals surface area contributed by atoms with E-state index in [1.165, 1.54) is 4.90 Å². The van der Waals surface area contributed by atoms with Crippen LogP contribution in [0.15, 0.2) is 48.5 Å². The third-order valence-electron chi connectivity index (χ3n) is 4.56. The first-order valence-corrected chi connectivity index (χ1v) is 9.05. The highest BCUT2D eigenvalue weighted by Crippen LogP contribution is 2.27. The molecule has 1 aliphatic heterocycles. The van der Waals surface area contributed by atoms with Gasteiger partial charge in [-0.1, -0.05) is 0 Å². The fourth-order valence-electron chi connectivity index (χ4n) is 3.00. The number of esters is 1. The maximum Gasteiger partial charge on any atom is 0.311 e. The Morgan fingerprint density at radius 1 is 1.00 bits per heavy atom. The number of hydrogen-bond acceptors (Lipinski definition) is 6. The molecule has 0 aliphatic carbocycles. The molecule has 3 rings (SSSR count). The summed E-state index contributed by atoms with van der Waals surface area (Å²) >= 11 is 0. The number of nitrogens with zero attached hydrogens (tertiary/aromatic N) is 1. The third kappa shape index (κ3) is 5.04. The molecule has 1 saturated heterocycles. The van der Waals surface area contributed by atoms with Crippen LogP contribution in [-0.4, -0.2) is 45.2 Å². The van der Waals surface area contributed by atoms with E-state index in [1.807, 2.05) is 0 Å². The zero-order valence-corrected chi connectivity index (χ0v) is 16.2. The normalized spacial score (nSPS) is 15.7. The smallest absolute Gasteiger partial charge is 0.311 e. The van der Waals surface area contributed by atoms with E-state index in [4.69, 9.17) is 14.2 Å². The Labute approximate surface area is 168 Å². The van der Waals surface area contributed by atoms with Crippen molar-refractivity contribution in [2.75, 3.05) is 37.6 Å². The fourth-order valence-corrected chi connectivity index (χ4v) is 3.00. The average molecular weight is 398 g/mol. The molecule has 2 amide bonds. The molecule has 8 heteroatoms. The predicted octanol–water partition coefficient (Wildman–Crippen LogP) is 2.24. The molecule has 29 heavy (non-hydrogen) atoms. The largest absolute Gasteiger partial charge is 0.497 e. The summed E-state index contributed by atoms with van der Waals surface area (Å²) in [5.74, 6) is -0.460. The van der Waals surface area contributed by atoms with Crippen LogP contribution in [0.25, 0.3) is 0 Å². The Balaban J connectivity index is 1.50. The lowest BCUT2D eigenvalue weighted by molar-refractivity contribution is -0.151. The highest BCUT2D eigenvalue weighted by Gasteiger charge is 2.36. The first-order chi connectivity index (χ1) is 14.0. The lowest BCUT2D eigenvalue weighted by Crippen LogP contribution is -2.28. The third-order valence-corrected chi connectivity index (χ3v) is 4.56. The van der Waals surface area contributed by atoms with Crippen molar-refractivity contribution in [2.45, 2.75) is 6.42 Å². The van der Waals surface area contributed by atoms with Gasteiger partial charge in [-0.05, 0) is 48.5 Å². The molecule has 152 valence electrons. The Bertz CT molecular complexity index is 879. The van der Waals surface area contributed by atoms with E-state index < -0.39 is 24.4 Å². The molecule has 0 aromatic heterocycles. The van der Waals surface area contributed by atoms with Gasteiger partial charge in [0.2, 0.25) is 5.91 Å². The summed E-state index contributed by atoms with van der Waals surface area (Å²) < 4.78 is 15.3. The second kappa shape index (κ2) is 9.09. The van der Waals surface area contributed by atoms with Crippen LogP contribution < -0.4 is 19.7 Å². The van der Waals surface area contributed by atoms with Crippen molar-refractivity contribution in [3.8, 4) is 11.5 Å². The fraction of sp³-hybridized carbons (Fsp3) is 0.286. The number of hydrogen-bond donors (Lipinski definition) is 1. The maximum absolute atomic E-state index is 12.3. The summed E-state index contributed by atoms with van der Waals surface area (Å²) in [6.45, 7) is -0.206. The monoisotopic (exact) mass is 398 g/mol. The van der Waals surface area contributed by atoms with Gasteiger partial charge in [0.1, 0.15) is 11.5 Å². The molecule has 0 spiro atoms. The molecule has 2 aromatic carbocycles. The minimum absolute atomic E-state index is 0.0466. The highest BCUT2D eigenvalue weighted by molar-refractivity contribution is 6.00. The van der Waals surface area contributed by atoms with E-state index in [0.29, 0.717) is 22.9 Å². The van der Waals surface area contributed by atoms with Gasteiger partial charge in [-0.25, -0.2) is 0 Å². The van der Waals surface area contributed by atoms with Gasteiger partial charge in [0.15, 0.2) is 6.61 Å². The van der Waals surface area contributed by atoms with Crippen LogP contribution in [0.5, 0.6) is 11.5 Å². The summed E-state index contributed by atoms with van der Waals surface area (Å²) in [5.41, 5.74) is 1.25. The first kappa shape index (κ1) is 20.2. The van der Waals surface area contributed by atoms with Crippen LogP contribution in [0, 0.1) is 5.92 Å². The van der Waals surface area contributed by atoms with Gasteiger partial charge in [0.25, 0.3) is 5.91 Å². The number of rotatable bonds is 7. The minimum Gasteiger partial charge on any atom is -0.497 e. The number of carbonyl (C=O) groups is 3. The number of nitrogens with one attached hydrogen (secondary N) is 1.